The van der Waals surface area contributed by atoms with Crippen LogP contribution in [0.15, 0.2) is 51.6 Å². The lowest BCUT2D eigenvalue weighted by Gasteiger charge is -2.34. The lowest BCUT2D eigenvalue weighted by molar-refractivity contribution is 0.0467. The second kappa shape index (κ2) is 8.52. The summed E-state index contributed by atoms with van der Waals surface area (Å²) in [6, 6.07) is 7.18. The van der Waals surface area contributed by atoms with Crippen LogP contribution in [0.25, 0.3) is 4.96 Å². The third-order valence-electron chi connectivity index (χ3n) is 5.25. The standard InChI is InChI=1S/C21H23N3O5S2/c1-14-8-15(2)12-23(11-14)31(27,28)18-5-3-4-16(9-18)20(26)29-13-17-10-19(25)24-6-7-30-21(24)22-17/h3-7,9-10,14-15H,8,11-13H2,1-2H3/t14-,15-/m0/s1. The van der Waals surface area contributed by atoms with Gasteiger partial charge in [-0.25, -0.2) is 18.2 Å². The predicted molar refractivity (Wildman–Crippen MR) is 117 cm³/mol. The van der Waals surface area contributed by atoms with Crippen LogP contribution in [0.1, 0.15) is 36.3 Å². The molecule has 0 radical (unpaired) electrons. The van der Waals surface area contributed by atoms with Crippen LogP contribution in [0.4, 0.5) is 0 Å². The minimum absolute atomic E-state index is 0.0691. The summed E-state index contributed by atoms with van der Waals surface area (Å²) in [4.78, 5) is 29.5. The molecule has 0 spiro atoms. The molecule has 0 unspecified atom stereocenters. The molecule has 164 valence electrons. The fourth-order valence-electron chi connectivity index (χ4n) is 3.92. The van der Waals surface area contributed by atoms with Crippen molar-refractivity contribution in [1.29, 1.82) is 0 Å². The van der Waals surface area contributed by atoms with Gasteiger partial charge in [-0.1, -0.05) is 19.9 Å². The number of aromatic nitrogens is 2. The Balaban J connectivity index is 1.50. The number of hydrogen-bond acceptors (Lipinski definition) is 7. The van der Waals surface area contributed by atoms with Crippen LogP contribution in [0, 0.1) is 11.8 Å². The van der Waals surface area contributed by atoms with Crippen molar-refractivity contribution in [3.8, 4) is 0 Å². The van der Waals surface area contributed by atoms with Crippen molar-refractivity contribution in [2.45, 2.75) is 31.8 Å². The maximum absolute atomic E-state index is 13.1. The molecule has 4 rings (SSSR count). The monoisotopic (exact) mass is 461 g/mol. The summed E-state index contributed by atoms with van der Waals surface area (Å²) in [6.07, 6.45) is 2.62. The molecule has 1 aliphatic rings. The molecule has 10 heteroatoms. The topological polar surface area (TPSA) is 98.0 Å². The Hall–Kier alpha value is -2.56. The third-order valence-corrected chi connectivity index (χ3v) is 7.83. The first-order valence-corrected chi connectivity index (χ1v) is 12.3. The van der Waals surface area contributed by atoms with E-state index in [1.54, 1.807) is 11.6 Å². The molecule has 3 heterocycles. The van der Waals surface area contributed by atoms with Gasteiger partial charge in [0.1, 0.15) is 6.61 Å². The first kappa shape index (κ1) is 21.7. The van der Waals surface area contributed by atoms with E-state index in [9.17, 15) is 18.0 Å². The fraction of sp³-hybridized carbons (Fsp3) is 0.381. The Morgan fingerprint density at radius 3 is 2.71 bits per heavy atom. The molecule has 8 nitrogen and oxygen atoms in total. The highest BCUT2D eigenvalue weighted by Gasteiger charge is 2.32. The molecule has 0 amide bonds. The highest BCUT2D eigenvalue weighted by molar-refractivity contribution is 7.89. The maximum atomic E-state index is 13.1. The molecule has 1 aliphatic heterocycles. The first-order chi connectivity index (χ1) is 14.7. The van der Waals surface area contributed by atoms with Crippen molar-refractivity contribution in [2.75, 3.05) is 13.1 Å². The number of benzene rings is 1. The van der Waals surface area contributed by atoms with Crippen LogP contribution in [-0.4, -0.2) is 41.2 Å². The maximum Gasteiger partial charge on any atom is 0.338 e. The Morgan fingerprint density at radius 1 is 1.23 bits per heavy atom. The molecular weight excluding hydrogens is 438 g/mol. The summed E-state index contributed by atoms with van der Waals surface area (Å²) >= 11 is 1.30. The van der Waals surface area contributed by atoms with Crippen LogP contribution in [0.5, 0.6) is 0 Å². The number of rotatable bonds is 5. The fourth-order valence-corrected chi connectivity index (χ4v) is 6.38. The van der Waals surface area contributed by atoms with Gasteiger partial charge in [0, 0.05) is 30.7 Å². The molecule has 1 saturated heterocycles. The lowest BCUT2D eigenvalue weighted by Crippen LogP contribution is -2.42. The normalized spacial score (nSPS) is 20.1. The van der Waals surface area contributed by atoms with Crippen LogP contribution in [-0.2, 0) is 21.4 Å². The van der Waals surface area contributed by atoms with Gasteiger partial charge in [0.05, 0.1) is 16.2 Å². The summed E-state index contributed by atoms with van der Waals surface area (Å²) in [6.45, 7) is 4.83. The first-order valence-electron chi connectivity index (χ1n) is 9.97. The second-order valence-electron chi connectivity index (χ2n) is 8.01. The van der Waals surface area contributed by atoms with Crippen LogP contribution < -0.4 is 5.56 Å². The number of carbonyl (C=O) groups excluding carboxylic acids is 1. The Morgan fingerprint density at radius 2 is 1.97 bits per heavy atom. The second-order valence-corrected chi connectivity index (χ2v) is 10.8. The van der Waals surface area contributed by atoms with Crippen molar-refractivity contribution >= 4 is 32.3 Å². The number of thiazole rings is 1. The van der Waals surface area contributed by atoms with Gasteiger partial charge in [0.15, 0.2) is 4.96 Å². The summed E-state index contributed by atoms with van der Waals surface area (Å²) < 4.78 is 34.4. The molecule has 0 saturated carbocycles. The van der Waals surface area contributed by atoms with E-state index in [-0.39, 0.29) is 34.5 Å². The molecule has 1 aromatic carbocycles. The predicted octanol–water partition coefficient (Wildman–Crippen LogP) is 2.78. The van der Waals surface area contributed by atoms with Gasteiger partial charge in [0.25, 0.3) is 5.56 Å². The van der Waals surface area contributed by atoms with Gasteiger partial charge in [-0.2, -0.15) is 4.31 Å². The zero-order valence-electron chi connectivity index (χ0n) is 17.2. The van der Waals surface area contributed by atoms with Crippen LogP contribution in [0.3, 0.4) is 0 Å². The van der Waals surface area contributed by atoms with Crippen molar-refractivity contribution in [1.82, 2.24) is 13.7 Å². The number of hydrogen-bond donors (Lipinski definition) is 0. The Bertz CT molecular complexity index is 1270. The van der Waals surface area contributed by atoms with E-state index >= 15 is 0 Å². The van der Waals surface area contributed by atoms with Gasteiger partial charge >= 0.3 is 5.97 Å². The highest BCUT2D eigenvalue weighted by Crippen LogP contribution is 2.27. The number of nitrogens with zero attached hydrogens (tertiary/aromatic N) is 3. The molecular formula is C21H23N3O5S2. The zero-order valence-corrected chi connectivity index (χ0v) is 18.9. The molecule has 3 aromatic rings. The van der Waals surface area contributed by atoms with Gasteiger partial charge in [-0.05, 0) is 36.5 Å². The van der Waals surface area contributed by atoms with Crippen LogP contribution in [0.2, 0.25) is 0 Å². The smallest absolute Gasteiger partial charge is 0.338 e. The number of sulfonamides is 1. The van der Waals surface area contributed by atoms with E-state index in [4.69, 9.17) is 4.74 Å². The van der Waals surface area contributed by atoms with Crippen molar-refractivity contribution in [2.24, 2.45) is 11.8 Å². The number of carbonyl (C=O) groups is 1. The average Bonchev–Trinajstić information content (AvgIpc) is 3.21. The number of piperidine rings is 1. The molecule has 1 fully saturated rings. The van der Waals surface area contributed by atoms with Crippen LogP contribution >= 0.6 is 11.3 Å². The quantitative estimate of drug-likeness (QED) is 0.542. The largest absolute Gasteiger partial charge is 0.456 e. The number of ether oxygens (including phenoxy) is 1. The minimum Gasteiger partial charge on any atom is -0.456 e. The molecule has 2 aromatic heterocycles. The summed E-state index contributed by atoms with van der Waals surface area (Å²) in [5, 5.41) is 1.75. The minimum atomic E-state index is -3.70. The van der Waals surface area contributed by atoms with Gasteiger partial charge in [-0.15, -0.1) is 11.3 Å². The summed E-state index contributed by atoms with van der Waals surface area (Å²) in [5.74, 6) is -0.113. The highest BCUT2D eigenvalue weighted by atomic mass is 32.2. The lowest BCUT2D eigenvalue weighted by atomic mass is 9.94. The summed E-state index contributed by atoms with van der Waals surface area (Å²) in [7, 11) is -3.70. The molecule has 31 heavy (non-hydrogen) atoms. The molecule has 2 atom stereocenters. The molecule has 0 N–H and O–H groups in total. The summed E-state index contributed by atoms with van der Waals surface area (Å²) in [5.41, 5.74) is 0.212. The van der Waals surface area contributed by atoms with Gasteiger partial charge in [-0.3, -0.25) is 9.20 Å². The number of esters is 1. The van der Waals surface area contributed by atoms with Gasteiger partial charge in [0.2, 0.25) is 10.0 Å². The van der Waals surface area contributed by atoms with Crippen molar-refractivity contribution in [3.63, 3.8) is 0 Å². The van der Waals surface area contributed by atoms with Crippen molar-refractivity contribution in [3.05, 3.63) is 63.5 Å². The SMILES string of the molecule is C[C@H]1C[C@H](C)CN(S(=O)(=O)c2cccc(C(=O)OCc3cc(=O)n4ccsc4n3)c2)C1. The number of fused-ring (bicyclic) bond motifs is 1. The average molecular weight is 462 g/mol. The Kier molecular flexibility index (Phi) is 5.96. The van der Waals surface area contributed by atoms with E-state index in [1.165, 1.54) is 50.4 Å². The van der Waals surface area contributed by atoms with E-state index in [1.807, 2.05) is 13.8 Å². The van der Waals surface area contributed by atoms with E-state index < -0.39 is 16.0 Å². The van der Waals surface area contributed by atoms with E-state index in [2.05, 4.69) is 4.98 Å². The van der Waals surface area contributed by atoms with E-state index in [0.29, 0.717) is 23.7 Å². The Labute approximate surface area is 184 Å². The van der Waals surface area contributed by atoms with Gasteiger partial charge < -0.3 is 4.74 Å². The molecule has 0 aliphatic carbocycles. The third kappa shape index (κ3) is 4.56. The zero-order chi connectivity index (χ0) is 22.2. The van der Waals surface area contributed by atoms with Crippen molar-refractivity contribution < 1.29 is 17.9 Å². The van der Waals surface area contributed by atoms with E-state index in [0.717, 1.165) is 6.42 Å². The molecule has 0 bridgehead atoms.